The van der Waals surface area contributed by atoms with Crippen LogP contribution in [0.1, 0.15) is 29.5 Å². The van der Waals surface area contributed by atoms with Crippen molar-refractivity contribution >= 4 is 16.9 Å². The molecule has 2 rings (SSSR count). The molecular weight excluding hydrogens is 258 g/mol. The number of carboxylic acids is 1. The first-order valence-electron chi connectivity index (χ1n) is 6.59. The Morgan fingerprint density at radius 3 is 2.75 bits per heavy atom. The number of carboxylic acid groups (broad SMARTS) is 1. The first-order chi connectivity index (χ1) is 9.49. The number of para-hydroxylation sites is 1. The zero-order valence-electron chi connectivity index (χ0n) is 11.7. The van der Waals surface area contributed by atoms with Gasteiger partial charge in [0.1, 0.15) is 5.58 Å². The average molecular weight is 277 g/mol. The van der Waals surface area contributed by atoms with Gasteiger partial charge in [-0.25, -0.2) is 4.79 Å². The van der Waals surface area contributed by atoms with E-state index < -0.39 is 5.97 Å². The number of hydrogen-bond donors (Lipinski definition) is 2. The summed E-state index contributed by atoms with van der Waals surface area (Å²) < 4.78 is 5.41. The van der Waals surface area contributed by atoms with Crippen LogP contribution in [-0.2, 0) is 6.54 Å². The third-order valence-electron chi connectivity index (χ3n) is 3.25. The maximum Gasteiger partial charge on any atom is 0.372 e. The first kappa shape index (κ1) is 14.6. The number of aliphatic hydroxyl groups excluding tert-OH is 1. The Hall–Kier alpha value is -1.85. The highest BCUT2D eigenvalue weighted by Crippen LogP contribution is 2.27. The van der Waals surface area contributed by atoms with Crippen LogP contribution in [0.25, 0.3) is 11.0 Å². The van der Waals surface area contributed by atoms with Crippen LogP contribution in [0.2, 0.25) is 0 Å². The lowest BCUT2D eigenvalue weighted by molar-refractivity contribution is 0.0661. The quantitative estimate of drug-likeness (QED) is 0.847. The van der Waals surface area contributed by atoms with Crippen LogP contribution in [0, 0.1) is 0 Å². The maximum absolute atomic E-state index is 11.3. The minimum Gasteiger partial charge on any atom is -0.475 e. The Kier molecular flexibility index (Phi) is 4.42. The van der Waals surface area contributed by atoms with Gasteiger partial charge in [-0.05, 0) is 26.5 Å². The molecule has 0 amide bonds. The number of fused-ring (bicyclic) bond motifs is 1. The molecule has 108 valence electrons. The average Bonchev–Trinajstić information content (AvgIpc) is 2.76. The van der Waals surface area contributed by atoms with Crippen LogP contribution in [0.3, 0.4) is 0 Å². The third kappa shape index (κ3) is 3.18. The summed E-state index contributed by atoms with van der Waals surface area (Å²) >= 11 is 0. The Balaban J connectivity index is 2.27. The summed E-state index contributed by atoms with van der Waals surface area (Å²) in [5, 5.41) is 19.4. The summed E-state index contributed by atoms with van der Waals surface area (Å²) in [6.07, 6.45) is 0.284. The van der Waals surface area contributed by atoms with E-state index in [0.717, 1.165) is 5.39 Å². The van der Waals surface area contributed by atoms with Gasteiger partial charge in [0, 0.05) is 24.0 Å². The van der Waals surface area contributed by atoms with Gasteiger partial charge < -0.3 is 19.5 Å². The second-order valence-corrected chi connectivity index (χ2v) is 5.09. The van der Waals surface area contributed by atoms with Crippen molar-refractivity contribution in [2.75, 3.05) is 13.6 Å². The van der Waals surface area contributed by atoms with E-state index in [4.69, 9.17) is 4.42 Å². The minimum atomic E-state index is -1.06. The van der Waals surface area contributed by atoms with Crippen LogP contribution in [0.4, 0.5) is 0 Å². The SMILES string of the molecule is CC(O)CCN(C)Cc1c(C(=O)O)oc2ccccc12. The molecule has 2 aromatic rings. The number of nitrogens with zero attached hydrogens (tertiary/aromatic N) is 1. The minimum absolute atomic E-state index is 0.00454. The fourth-order valence-electron chi connectivity index (χ4n) is 2.18. The van der Waals surface area contributed by atoms with E-state index >= 15 is 0 Å². The molecule has 5 heteroatoms. The predicted molar refractivity (Wildman–Crippen MR) is 75.8 cm³/mol. The van der Waals surface area contributed by atoms with E-state index in [9.17, 15) is 15.0 Å². The standard InChI is InChI=1S/C15H19NO4/c1-10(17)7-8-16(2)9-12-11-5-3-4-6-13(11)20-14(12)15(18)19/h3-6,10,17H,7-9H2,1-2H3,(H,18,19). The van der Waals surface area contributed by atoms with Gasteiger partial charge in [0.2, 0.25) is 5.76 Å². The number of hydrogen-bond acceptors (Lipinski definition) is 4. The Bertz CT molecular complexity index is 603. The second-order valence-electron chi connectivity index (χ2n) is 5.09. The molecule has 0 saturated carbocycles. The van der Waals surface area contributed by atoms with Crippen molar-refractivity contribution in [3.63, 3.8) is 0 Å². The van der Waals surface area contributed by atoms with E-state index in [1.807, 2.05) is 30.1 Å². The number of aliphatic hydroxyl groups is 1. The lowest BCUT2D eigenvalue weighted by Gasteiger charge is -2.17. The summed E-state index contributed by atoms with van der Waals surface area (Å²) in [5.74, 6) is -1.06. The lowest BCUT2D eigenvalue weighted by Crippen LogP contribution is -2.22. The highest BCUT2D eigenvalue weighted by Gasteiger charge is 2.20. The molecule has 20 heavy (non-hydrogen) atoms. The smallest absolute Gasteiger partial charge is 0.372 e. The lowest BCUT2D eigenvalue weighted by atomic mass is 10.1. The molecule has 1 aromatic heterocycles. The van der Waals surface area contributed by atoms with Crippen molar-refractivity contribution in [3.05, 3.63) is 35.6 Å². The van der Waals surface area contributed by atoms with Gasteiger partial charge in [-0.15, -0.1) is 0 Å². The van der Waals surface area contributed by atoms with Gasteiger partial charge in [-0.1, -0.05) is 18.2 Å². The van der Waals surface area contributed by atoms with Gasteiger partial charge >= 0.3 is 5.97 Å². The largest absolute Gasteiger partial charge is 0.475 e. The molecule has 0 saturated heterocycles. The molecule has 5 nitrogen and oxygen atoms in total. The third-order valence-corrected chi connectivity index (χ3v) is 3.25. The number of aromatic carboxylic acids is 1. The van der Waals surface area contributed by atoms with Crippen LogP contribution in [0.15, 0.2) is 28.7 Å². The van der Waals surface area contributed by atoms with Crippen LogP contribution in [0.5, 0.6) is 0 Å². The normalized spacial score (nSPS) is 13.0. The molecule has 0 fully saturated rings. The molecule has 2 N–H and O–H groups in total. The molecule has 0 radical (unpaired) electrons. The van der Waals surface area contributed by atoms with Crippen molar-refractivity contribution < 1.29 is 19.4 Å². The molecular formula is C15H19NO4. The predicted octanol–water partition coefficient (Wildman–Crippen LogP) is 2.33. The summed E-state index contributed by atoms with van der Waals surface area (Å²) in [5.41, 5.74) is 1.27. The highest BCUT2D eigenvalue weighted by molar-refractivity contribution is 5.95. The zero-order chi connectivity index (χ0) is 14.7. The molecule has 1 heterocycles. The Morgan fingerprint density at radius 2 is 2.10 bits per heavy atom. The van der Waals surface area contributed by atoms with Crippen LogP contribution >= 0.6 is 0 Å². The summed E-state index contributed by atoms with van der Waals surface area (Å²) in [6.45, 7) is 2.91. The fourth-order valence-corrected chi connectivity index (χ4v) is 2.18. The topological polar surface area (TPSA) is 73.9 Å². The molecule has 0 spiro atoms. The maximum atomic E-state index is 11.3. The zero-order valence-corrected chi connectivity index (χ0v) is 11.7. The molecule has 0 aliphatic carbocycles. The van der Waals surface area contributed by atoms with E-state index in [0.29, 0.717) is 30.7 Å². The van der Waals surface area contributed by atoms with Gasteiger partial charge in [0.05, 0.1) is 6.10 Å². The molecule has 1 unspecified atom stereocenters. The van der Waals surface area contributed by atoms with E-state index in [1.54, 1.807) is 13.0 Å². The highest BCUT2D eigenvalue weighted by atomic mass is 16.4. The van der Waals surface area contributed by atoms with Crippen LogP contribution < -0.4 is 0 Å². The van der Waals surface area contributed by atoms with Crippen molar-refractivity contribution in [3.8, 4) is 0 Å². The van der Waals surface area contributed by atoms with Crippen molar-refractivity contribution in [2.45, 2.75) is 26.0 Å². The van der Waals surface area contributed by atoms with Crippen molar-refractivity contribution in [1.82, 2.24) is 4.90 Å². The first-order valence-corrected chi connectivity index (χ1v) is 6.59. The summed E-state index contributed by atoms with van der Waals surface area (Å²) in [6, 6.07) is 7.31. The summed E-state index contributed by atoms with van der Waals surface area (Å²) in [7, 11) is 1.90. The molecule has 1 atom stereocenters. The molecule has 1 aromatic carbocycles. The second kappa shape index (κ2) is 6.07. The fraction of sp³-hybridized carbons (Fsp3) is 0.400. The van der Waals surface area contributed by atoms with E-state index in [1.165, 1.54) is 0 Å². The van der Waals surface area contributed by atoms with E-state index in [-0.39, 0.29) is 11.9 Å². The van der Waals surface area contributed by atoms with Gasteiger partial charge in [-0.2, -0.15) is 0 Å². The number of rotatable bonds is 6. The van der Waals surface area contributed by atoms with Gasteiger partial charge in [-0.3, -0.25) is 0 Å². The number of furan rings is 1. The summed E-state index contributed by atoms with van der Waals surface area (Å²) in [4.78, 5) is 13.3. The van der Waals surface area contributed by atoms with E-state index in [2.05, 4.69) is 0 Å². The van der Waals surface area contributed by atoms with Crippen molar-refractivity contribution in [2.24, 2.45) is 0 Å². The molecule has 0 aliphatic heterocycles. The number of carbonyl (C=O) groups is 1. The van der Waals surface area contributed by atoms with Gasteiger partial charge in [0.15, 0.2) is 0 Å². The molecule has 0 aliphatic rings. The van der Waals surface area contributed by atoms with Crippen LogP contribution in [-0.4, -0.2) is 40.8 Å². The monoisotopic (exact) mass is 277 g/mol. The Labute approximate surface area is 117 Å². The number of benzene rings is 1. The van der Waals surface area contributed by atoms with Gasteiger partial charge in [0.25, 0.3) is 0 Å². The van der Waals surface area contributed by atoms with Crippen molar-refractivity contribution in [1.29, 1.82) is 0 Å². The molecule has 0 bridgehead atoms. The Morgan fingerprint density at radius 1 is 1.40 bits per heavy atom.